The summed E-state index contributed by atoms with van der Waals surface area (Å²) >= 11 is 1.70. The number of hydrogen-bond acceptors (Lipinski definition) is 5. The molecule has 0 unspecified atom stereocenters. The van der Waals surface area contributed by atoms with E-state index in [1.54, 1.807) is 18.0 Å². The average Bonchev–Trinajstić information content (AvgIpc) is 3.26. The Labute approximate surface area is 139 Å². The highest BCUT2D eigenvalue weighted by molar-refractivity contribution is 7.99. The SMILES string of the molecule is C=CCn1c(SCCCc2cnn(C)c2)nnc1-c1ccco1. The first kappa shape index (κ1) is 15.6. The minimum absolute atomic E-state index is 0.661. The number of hydrogen-bond donors (Lipinski definition) is 0. The number of rotatable bonds is 8. The molecule has 0 saturated heterocycles. The monoisotopic (exact) mass is 329 g/mol. The van der Waals surface area contributed by atoms with Crippen molar-refractivity contribution < 1.29 is 4.42 Å². The topological polar surface area (TPSA) is 61.7 Å². The van der Waals surface area contributed by atoms with Crippen molar-refractivity contribution in [3.63, 3.8) is 0 Å². The van der Waals surface area contributed by atoms with E-state index in [1.165, 1.54) is 5.56 Å². The van der Waals surface area contributed by atoms with Gasteiger partial charge in [0.2, 0.25) is 5.82 Å². The molecule has 3 heterocycles. The van der Waals surface area contributed by atoms with Gasteiger partial charge in [0.15, 0.2) is 10.9 Å². The van der Waals surface area contributed by atoms with E-state index in [0.717, 1.165) is 35.3 Å². The van der Waals surface area contributed by atoms with E-state index in [-0.39, 0.29) is 0 Å². The van der Waals surface area contributed by atoms with Gasteiger partial charge in [0.1, 0.15) is 0 Å². The van der Waals surface area contributed by atoms with Crippen molar-refractivity contribution in [2.75, 3.05) is 5.75 Å². The van der Waals surface area contributed by atoms with Crippen LogP contribution in [0.4, 0.5) is 0 Å². The van der Waals surface area contributed by atoms with Gasteiger partial charge in [0, 0.05) is 25.5 Å². The molecule has 120 valence electrons. The summed E-state index contributed by atoms with van der Waals surface area (Å²) < 4.78 is 9.29. The molecule has 6 nitrogen and oxygen atoms in total. The summed E-state index contributed by atoms with van der Waals surface area (Å²) in [6, 6.07) is 3.74. The number of aryl methyl sites for hydroxylation is 2. The standard InChI is InChI=1S/C16H19N5OS/c1-3-8-21-15(14-7-4-9-22-14)18-19-16(21)23-10-5-6-13-11-17-20(2)12-13/h3-4,7,9,11-12H,1,5-6,8,10H2,2H3. The molecule has 0 aliphatic heterocycles. The van der Waals surface area contributed by atoms with Crippen molar-refractivity contribution in [2.45, 2.75) is 24.5 Å². The summed E-state index contributed by atoms with van der Waals surface area (Å²) in [4.78, 5) is 0. The predicted molar refractivity (Wildman–Crippen MR) is 90.2 cm³/mol. The lowest BCUT2D eigenvalue weighted by molar-refractivity contribution is 0.569. The zero-order valence-corrected chi connectivity index (χ0v) is 13.9. The number of nitrogens with zero attached hydrogens (tertiary/aromatic N) is 5. The molecule has 0 fully saturated rings. The van der Waals surface area contributed by atoms with Crippen LogP contribution in [0.5, 0.6) is 0 Å². The van der Waals surface area contributed by atoms with Crippen LogP contribution in [0.25, 0.3) is 11.6 Å². The Hall–Kier alpha value is -2.28. The molecule has 0 spiro atoms. The Bertz CT molecular complexity index is 759. The molecule has 0 aliphatic rings. The van der Waals surface area contributed by atoms with Crippen LogP contribution < -0.4 is 0 Å². The van der Waals surface area contributed by atoms with E-state index in [9.17, 15) is 0 Å². The zero-order chi connectivity index (χ0) is 16.1. The van der Waals surface area contributed by atoms with E-state index in [2.05, 4.69) is 28.1 Å². The van der Waals surface area contributed by atoms with E-state index >= 15 is 0 Å². The molecule has 0 amide bonds. The second kappa shape index (κ2) is 7.32. The third-order valence-corrected chi connectivity index (χ3v) is 4.42. The smallest absolute Gasteiger partial charge is 0.200 e. The maximum absolute atomic E-state index is 5.43. The van der Waals surface area contributed by atoms with Gasteiger partial charge in [-0.05, 0) is 30.5 Å². The zero-order valence-electron chi connectivity index (χ0n) is 13.1. The number of aromatic nitrogens is 5. The molecule has 0 atom stereocenters. The van der Waals surface area contributed by atoms with Gasteiger partial charge in [-0.25, -0.2) is 0 Å². The highest BCUT2D eigenvalue weighted by atomic mass is 32.2. The largest absolute Gasteiger partial charge is 0.461 e. The molecule has 0 aromatic carbocycles. The van der Waals surface area contributed by atoms with Gasteiger partial charge in [0.05, 0.1) is 12.5 Å². The van der Waals surface area contributed by atoms with Gasteiger partial charge < -0.3 is 4.42 Å². The van der Waals surface area contributed by atoms with Gasteiger partial charge in [-0.1, -0.05) is 17.8 Å². The second-order valence-electron chi connectivity index (χ2n) is 5.16. The molecule has 0 bridgehead atoms. The molecule has 3 aromatic rings. The number of thioether (sulfide) groups is 1. The van der Waals surface area contributed by atoms with Crippen LogP contribution >= 0.6 is 11.8 Å². The Morgan fingerprint density at radius 1 is 1.39 bits per heavy atom. The fourth-order valence-corrected chi connectivity index (χ4v) is 3.20. The minimum Gasteiger partial charge on any atom is -0.461 e. The maximum atomic E-state index is 5.43. The van der Waals surface area contributed by atoms with E-state index in [4.69, 9.17) is 4.42 Å². The first-order chi connectivity index (χ1) is 11.3. The van der Waals surface area contributed by atoms with Gasteiger partial charge in [-0.3, -0.25) is 9.25 Å². The van der Waals surface area contributed by atoms with Gasteiger partial charge in [0.25, 0.3) is 0 Å². The van der Waals surface area contributed by atoms with Crippen LogP contribution in [-0.2, 0) is 20.0 Å². The summed E-state index contributed by atoms with van der Waals surface area (Å²) in [7, 11) is 1.94. The van der Waals surface area contributed by atoms with Crippen molar-refractivity contribution in [3.8, 4) is 11.6 Å². The van der Waals surface area contributed by atoms with Crippen LogP contribution in [0, 0.1) is 0 Å². The molecular weight excluding hydrogens is 310 g/mol. The first-order valence-corrected chi connectivity index (χ1v) is 8.45. The van der Waals surface area contributed by atoms with E-state index < -0.39 is 0 Å². The fourth-order valence-electron chi connectivity index (χ4n) is 2.32. The highest BCUT2D eigenvalue weighted by Gasteiger charge is 2.15. The van der Waals surface area contributed by atoms with Crippen LogP contribution in [-0.4, -0.2) is 30.3 Å². The lowest BCUT2D eigenvalue weighted by atomic mass is 10.2. The Kier molecular flexibility index (Phi) is 4.97. The van der Waals surface area contributed by atoms with Crippen LogP contribution in [0.1, 0.15) is 12.0 Å². The number of furan rings is 1. The second-order valence-corrected chi connectivity index (χ2v) is 6.22. The number of allylic oxidation sites excluding steroid dienone is 1. The summed E-state index contributed by atoms with van der Waals surface area (Å²) in [5.74, 6) is 2.44. The average molecular weight is 329 g/mol. The third-order valence-electron chi connectivity index (χ3n) is 3.37. The highest BCUT2D eigenvalue weighted by Crippen LogP contribution is 2.25. The maximum Gasteiger partial charge on any atom is 0.200 e. The quantitative estimate of drug-likeness (QED) is 0.361. The molecule has 0 saturated carbocycles. The molecule has 0 radical (unpaired) electrons. The van der Waals surface area contributed by atoms with Crippen LogP contribution in [0.2, 0.25) is 0 Å². The summed E-state index contributed by atoms with van der Waals surface area (Å²) in [5.41, 5.74) is 1.26. The molecule has 23 heavy (non-hydrogen) atoms. The van der Waals surface area contributed by atoms with Crippen molar-refractivity contribution >= 4 is 11.8 Å². The summed E-state index contributed by atoms with van der Waals surface area (Å²) in [5, 5.41) is 13.6. The van der Waals surface area contributed by atoms with Crippen LogP contribution in [0.15, 0.2) is 53.0 Å². The third kappa shape index (κ3) is 3.73. The van der Waals surface area contributed by atoms with Gasteiger partial charge >= 0.3 is 0 Å². The molecule has 3 rings (SSSR count). The lowest BCUT2D eigenvalue weighted by Crippen LogP contribution is -2.00. The molecule has 0 N–H and O–H groups in total. The first-order valence-electron chi connectivity index (χ1n) is 7.46. The Morgan fingerprint density at radius 3 is 3.00 bits per heavy atom. The van der Waals surface area contributed by atoms with Crippen molar-refractivity contribution in [3.05, 3.63) is 49.0 Å². The normalized spacial score (nSPS) is 11.0. The summed E-state index contributed by atoms with van der Waals surface area (Å²) in [6.07, 6.45) is 9.53. The predicted octanol–water partition coefficient (Wildman–Crippen LogP) is 3.18. The van der Waals surface area contributed by atoms with E-state index in [1.807, 2.05) is 40.7 Å². The van der Waals surface area contributed by atoms with Crippen molar-refractivity contribution in [1.29, 1.82) is 0 Å². The Balaban J connectivity index is 1.62. The van der Waals surface area contributed by atoms with Crippen molar-refractivity contribution in [2.24, 2.45) is 7.05 Å². The minimum atomic E-state index is 0.661. The molecular formula is C16H19N5OS. The van der Waals surface area contributed by atoms with Crippen molar-refractivity contribution in [1.82, 2.24) is 24.5 Å². The van der Waals surface area contributed by atoms with Gasteiger partial charge in [-0.15, -0.1) is 16.8 Å². The Morgan fingerprint density at radius 2 is 2.30 bits per heavy atom. The van der Waals surface area contributed by atoms with Gasteiger partial charge in [-0.2, -0.15) is 5.10 Å². The molecule has 7 heteroatoms. The van der Waals surface area contributed by atoms with Crippen LogP contribution in [0.3, 0.4) is 0 Å². The summed E-state index contributed by atoms with van der Waals surface area (Å²) in [6.45, 7) is 4.47. The van der Waals surface area contributed by atoms with E-state index in [0.29, 0.717) is 6.54 Å². The molecule has 0 aliphatic carbocycles. The molecule has 3 aromatic heterocycles. The lowest BCUT2D eigenvalue weighted by Gasteiger charge is -2.05. The fraction of sp³-hybridized carbons (Fsp3) is 0.312.